The highest BCUT2D eigenvalue weighted by molar-refractivity contribution is 7.99. The standard InChI is InChI=1S/C13H14N2O3S/c1-9(8-12(16)17)15-13(18)10-4-2-3-5-11(10)19-7-6-14/h2-5,9H,7-8H2,1H3,(H,15,18)(H,16,17). The number of rotatable bonds is 6. The van der Waals surface area contributed by atoms with E-state index in [2.05, 4.69) is 5.32 Å². The molecule has 0 saturated carbocycles. The molecule has 1 rings (SSSR count). The largest absolute Gasteiger partial charge is 0.481 e. The van der Waals surface area contributed by atoms with E-state index in [1.807, 2.05) is 6.07 Å². The Bertz CT molecular complexity index is 511. The SMILES string of the molecule is CC(CC(=O)O)NC(=O)c1ccccc1SCC#N. The van der Waals surface area contributed by atoms with Gasteiger partial charge in [0.25, 0.3) is 5.91 Å². The maximum absolute atomic E-state index is 12.0. The van der Waals surface area contributed by atoms with Gasteiger partial charge in [0, 0.05) is 10.9 Å². The Hall–Kier alpha value is -2.00. The van der Waals surface area contributed by atoms with Gasteiger partial charge in [-0.15, -0.1) is 11.8 Å². The number of hydrogen-bond donors (Lipinski definition) is 2. The third-order valence-corrected chi connectivity index (χ3v) is 3.22. The average Bonchev–Trinajstić information content (AvgIpc) is 2.35. The zero-order valence-electron chi connectivity index (χ0n) is 10.4. The smallest absolute Gasteiger partial charge is 0.305 e. The van der Waals surface area contributed by atoms with Crippen LogP contribution in [0.15, 0.2) is 29.2 Å². The number of thioether (sulfide) groups is 1. The maximum atomic E-state index is 12.0. The van der Waals surface area contributed by atoms with Gasteiger partial charge in [-0.25, -0.2) is 0 Å². The van der Waals surface area contributed by atoms with Gasteiger partial charge in [-0.1, -0.05) is 12.1 Å². The second-order valence-corrected chi connectivity index (χ2v) is 4.93. The summed E-state index contributed by atoms with van der Waals surface area (Å²) in [4.78, 5) is 23.3. The zero-order valence-corrected chi connectivity index (χ0v) is 11.2. The Balaban J connectivity index is 2.76. The highest BCUT2D eigenvalue weighted by Crippen LogP contribution is 2.22. The van der Waals surface area contributed by atoms with Gasteiger partial charge in [-0.3, -0.25) is 9.59 Å². The van der Waals surface area contributed by atoms with Gasteiger partial charge in [-0.05, 0) is 19.1 Å². The van der Waals surface area contributed by atoms with Crippen LogP contribution in [0.3, 0.4) is 0 Å². The molecule has 0 aromatic heterocycles. The summed E-state index contributed by atoms with van der Waals surface area (Å²) < 4.78 is 0. The quantitative estimate of drug-likeness (QED) is 0.775. The Morgan fingerprint density at radius 2 is 2.16 bits per heavy atom. The zero-order chi connectivity index (χ0) is 14.3. The molecule has 0 fully saturated rings. The normalized spacial score (nSPS) is 11.4. The lowest BCUT2D eigenvalue weighted by atomic mass is 10.2. The van der Waals surface area contributed by atoms with Crippen LogP contribution < -0.4 is 5.32 Å². The van der Waals surface area contributed by atoms with Crippen LogP contribution in [0, 0.1) is 11.3 Å². The van der Waals surface area contributed by atoms with Gasteiger partial charge in [0.2, 0.25) is 0 Å². The number of benzene rings is 1. The van der Waals surface area contributed by atoms with E-state index in [4.69, 9.17) is 10.4 Å². The molecular weight excluding hydrogens is 264 g/mol. The van der Waals surface area contributed by atoms with Crippen molar-refractivity contribution < 1.29 is 14.7 Å². The van der Waals surface area contributed by atoms with Crippen LogP contribution in [0.4, 0.5) is 0 Å². The van der Waals surface area contributed by atoms with E-state index < -0.39 is 12.0 Å². The molecule has 1 aromatic carbocycles. The van der Waals surface area contributed by atoms with Crippen LogP contribution in [0.25, 0.3) is 0 Å². The molecular formula is C13H14N2O3S. The van der Waals surface area contributed by atoms with Gasteiger partial charge >= 0.3 is 5.97 Å². The van der Waals surface area contributed by atoms with Gasteiger partial charge < -0.3 is 10.4 Å². The van der Waals surface area contributed by atoms with Crippen molar-refractivity contribution in [1.82, 2.24) is 5.32 Å². The number of carboxylic acids is 1. The molecule has 100 valence electrons. The monoisotopic (exact) mass is 278 g/mol. The predicted molar refractivity (Wildman–Crippen MR) is 72.0 cm³/mol. The van der Waals surface area contributed by atoms with Crippen molar-refractivity contribution in [2.24, 2.45) is 0 Å². The van der Waals surface area contributed by atoms with Crippen LogP contribution in [0.1, 0.15) is 23.7 Å². The third kappa shape index (κ3) is 5.02. The number of carbonyl (C=O) groups excluding carboxylic acids is 1. The lowest BCUT2D eigenvalue weighted by Crippen LogP contribution is -2.34. The summed E-state index contributed by atoms with van der Waals surface area (Å²) in [5.41, 5.74) is 0.458. The summed E-state index contributed by atoms with van der Waals surface area (Å²) in [7, 11) is 0. The van der Waals surface area contributed by atoms with Gasteiger partial charge in [0.05, 0.1) is 23.8 Å². The van der Waals surface area contributed by atoms with Crippen LogP contribution >= 0.6 is 11.8 Å². The third-order valence-electron chi connectivity index (χ3n) is 2.28. The van der Waals surface area contributed by atoms with Crippen molar-refractivity contribution >= 4 is 23.6 Å². The summed E-state index contributed by atoms with van der Waals surface area (Å²) in [6.07, 6.45) is -0.126. The summed E-state index contributed by atoms with van der Waals surface area (Å²) in [5.74, 6) is -1.02. The Labute approximate surface area is 115 Å². The number of carboxylic acid groups (broad SMARTS) is 1. The van der Waals surface area contributed by atoms with E-state index in [1.165, 1.54) is 11.8 Å². The molecule has 1 atom stereocenters. The molecule has 2 N–H and O–H groups in total. The van der Waals surface area contributed by atoms with Crippen molar-refractivity contribution in [1.29, 1.82) is 5.26 Å². The number of hydrogen-bond acceptors (Lipinski definition) is 4. The molecule has 0 radical (unpaired) electrons. The molecule has 5 nitrogen and oxygen atoms in total. The lowest BCUT2D eigenvalue weighted by molar-refractivity contribution is -0.137. The minimum absolute atomic E-state index is 0.126. The Morgan fingerprint density at radius 1 is 1.47 bits per heavy atom. The molecule has 19 heavy (non-hydrogen) atoms. The second-order valence-electron chi connectivity index (χ2n) is 3.92. The molecule has 0 saturated heterocycles. The molecule has 0 heterocycles. The van der Waals surface area contributed by atoms with Crippen LogP contribution in [-0.4, -0.2) is 28.8 Å². The van der Waals surface area contributed by atoms with Crippen LogP contribution in [0.5, 0.6) is 0 Å². The molecule has 0 bridgehead atoms. The van der Waals surface area contributed by atoms with Gasteiger partial charge in [0.15, 0.2) is 0 Å². The maximum Gasteiger partial charge on any atom is 0.305 e. The van der Waals surface area contributed by atoms with E-state index >= 15 is 0 Å². The summed E-state index contributed by atoms with van der Waals surface area (Å²) in [5, 5.41) is 19.8. The number of nitrogens with zero attached hydrogens (tertiary/aromatic N) is 1. The van der Waals surface area contributed by atoms with E-state index in [0.29, 0.717) is 10.5 Å². The Kier molecular flexibility index (Phi) is 5.90. The Morgan fingerprint density at radius 3 is 2.79 bits per heavy atom. The number of carbonyl (C=O) groups is 2. The number of nitrogens with one attached hydrogen (secondary N) is 1. The summed E-state index contributed by atoms with van der Waals surface area (Å²) in [6.45, 7) is 1.64. The summed E-state index contributed by atoms with van der Waals surface area (Å²) >= 11 is 1.28. The topological polar surface area (TPSA) is 90.2 Å². The average molecular weight is 278 g/mol. The number of nitriles is 1. The fourth-order valence-electron chi connectivity index (χ4n) is 1.50. The van der Waals surface area contributed by atoms with Crippen molar-refractivity contribution in [2.75, 3.05) is 5.75 Å². The van der Waals surface area contributed by atoms with Crippen LogP contribution in [-0.2, 0) is 4.79 Å². The van der Waals surface area contributed by atoms with E-state index in [0.717, 1.165) is 0 Å². The van der Waals surface area contributed by atoms with Crippen molar-refractivity contribution in [3.63, 3.8) is 0 Å². The molecule has 1 unspecified atom stereocenters. The van der Waals surface area contributed by atoms with Crippen molar-refractivity contribution in [3.05, 3.63) is 29.8 Å². The first-order valence-electron chi connectivity index (χ1n) is 5.66. The van der Waals surface area contributed by atoms with Crippen molar-refractivity contribution in [3.8, 4) is 6.07 Å². The summed E-state index contributed by atoms with van der Waals surface area (Å²) in [6, 6.07) is 8.49. The van der Waals surface area contributed by atoms with E-state index in [1.54, 1.807) is 31.2 Å². The molecule has 1 aromatic rings. The van der Waals surface area contributed by atoms with E-state index in [-0.39, 0.29) is 18.1 Å². The fourth-order valence-corrected chi connectivity index (χ4v) is 2.22. The van der Waals surface area contributed by atoms with E-state index in [9.17, 15) is 9.59 Å². The van der Waals surface area contributed by atoms with Gasteiger partial charge in [0.1, 0.15) is 0 Å². The van der Waals surface area contributed by atoms with Gasteiger partial charge in [-0.2, -0.15) is 5.26 Å². The molecule has 0 spiro atoms. The second kappa shape index (κ2) is 7.44. The lowest BCUT2D eigenvalue weighted by Gasteiger charge is -2.13. The predicted octanol–water partition coefficient (Wildman–Crippen LogP) is 1.90. The first-order chi connectivity index (χ1) is 9.04. The minimum Gasteiger partial charge on any atom is -0.481 e. The molecule has 0 aliphatic rings. The molecule has 0 aliphatic heterocycles. The number of amides is 1. The molecule has 1 amide bonds. The fraction of sp³-hybridized carbons (Fsp3) is 0.308. The minimum atomic E-state index is -0.958. The number of aliphatic carboxylic acids is 1. The first-order valence-corrected chi connectivity index (χ1v) is 6.64. The van der Waals surface area contributed by atoms with Crippen LogP contribution in [0.2, 0.25) is 0 Å². The highest BCUT2D eigenvalue weighted by Gasteiger charge is 2.15. The highest BCUT2D eigenvalue weighted by atomic mass is 32.2. The molecule has 0 aliphatic carbocycles. The van der Waals surface area contributed by atoms with Crippen molar-refractivity contribution in [2.45, 2.75) is 24.3 Å². The first kappa shape index (κ1) is 15.1. The molecule has 6 heteroatoms.